The van der Waals surface area contributed by atoms with Crippen LogP contribution in [0.2, 0.25) is 0 Å². The first-order chi connectivity index (χ1) is 9.08. The molecule has 0 aliphatic rings. The smallest absolute Gasteiger partial charge is 0.253 e. The van der Waals surface area contributed by atoms with Crippen LogP contribution in [0, 0.1) is 12.8 Å². The maximum Gasteiger partial charge on any atom is 0.253 e. The van der Waals surface area contributed by atoms with Crippen LogP contribution < -0.4 is 10.6 Å². The van der Waals surface area contributed by atoms with E-state index in [1.165, 1.54) is 0 Å². The second-order valence-corrected chi connectivity index (χ2v) is 5.76. The Labute approximate surface area is 120 Å². The molecule has 0 aliphatic heterocycles. The number of carbonyl (C=O) groups excluding carboxylic acids is 1. The first kappa shape index (κ1) is 15.9. The molecule has 0 saturated heterocycles. The van der Waals surface area contributed by atoms with E-state index in [9.17, 15) is 4.79 Å². The van der Waals surface area contributed by atoms with Gasteiger partial charge >= 0.3 is 0 Å². The van der Waals surface area contributed by atoms with Gasteiger partial charge in [-0.25, -0.2) is 0 Å². The number of nitrogens with one attached hydrogen (secondary N) is 2. The fourth-order valence-corrected chi connectivity index (χ4v) is 2.59. The summed E-state index contributed by atoms with van der Waals surface area (Å²) in [5, 5.41) is 6.26. The van der Waals surface area contributed by atoms with E-state index in [1.807, 2.05) is 32.0 Å². The third kappa shape index (κ3) is 5.15. The highest BCUT2D eigenvalue weighted by Gasteiger charge is 2.12. The van der Waals surface area contributed by atoms with E-state index in [0.717, 1.165) is 35.7 Å². The van der Waals surface area contributed by atoms with E-state index in [-0.39, 0.29) is 5.91 Å². The number of rotatable bonds is 7. The fraction of sp³-hybridized carbons (Fsp3) is 0.533. The molecular weight excluding hydrogens is 256 g/mol. The van der Waals surface area contributed by atoms with E-state index in [4.69, 9.17) is 0 Å². The molecule has 2 N–H and O–H groups in total. The molecule has 4 heteroatoms. The monoisotopic (exact) mass is 280 g/mol. The Balaban J connectivity index is 2.70. The number of anilines is 1. The molecule has 0 fully saturated rings. The maximum atomic E-state index is 12.2. The molecule has 0 radical (unpaired) electrons. The third-order valence-corrected chi connectivity index (χ3v) is 3.75. The molecule has 19 heavy (non-hydrogen) atoms. The highest BCUT2D eigenvalue weighted by atomic mass is 32.2. The number of thioether (sulfide) groups is 1. The first-order valence-corrected chi connectivity index (χ1v) is 8.09. The van der Waals surface area contributed by atoms with Crippen molar-refractivity contribution in [3.63, 3.8) is 0 Å². The van der Waals surface area contributed by atoms with Crippen LogP contribution in [0.1, 0.15) is 29.8 Å². The van der Waals surface area contributed by atoms with Crippen molar-refractivity contribution in [1.82, 2.24) is 5.32 Å². The normalized spacial score (nSPS) is 12.0. The van der Waals surface area contributed by atoms with E-state index >= 15 is 0 Å². The second-order valence-electron chi connectivity index (χ2n) is 4.85. The minimum Gasteiger partial charge on any atom is -0.385 e. The molecule has 0 heterocycles. The summed E-state index contributed by atoms with van der Waals surface area (Å²) in [5.74, 6) is 1.56. The van der Waals surface area contributed by atoms with Crippen molar-refractivity contribution in [2.24, 2.45) is 5.92 Å². The summed E-state index contributed by atoms with van der Waals surface area (Å²) in [6.45, 7) is 7.75. The lowest BCUT2D eigenvalue weighted by Gasteiger charge is -2.14. The number of aryl methyl sites for hydroxylation is 1. The van der Waals surface area contributed by atoms with Crippen molar-refractivity contribution in [2.75, 3.05) is 30.4 Å². The van der Waals surface area contributed by atoms with Crippen LogP contribution in [-0.4, -0.2) is 31.0 Å². The van der Waals surface area contributed by atoms with Gasteiger partial charge in [-0.05, 0) is 49.5 Å². The topological polar surface area (TPSA) is 41.1 Å². The van der Waals surface area contributed by atoms with Gasteiger partial charge in [0.05, 0.1) is 5.56 Å². The summed E-state index contributed by atoms with van der Waals surface area (Å²) in [4.78, 5) is 12.2. The maximum absolute atomic E-state index is 12.2. The highest BCUT2D eigenvalue weighted by molar-refractivity contribution is 7.98. The molecule has 1 rings (SSSR count). The lowest BCUT2D eigenvalue weighted by Crippen LogP contribution is -2.29. The lowest BCUT2D eigenvalue weighted by molar-refractivity contribution is 0.0950. The molecule has 0 aliphatic carbocycles. The number of hydrogen-bond donors (Lipinski definition) is 2. The largest absolute Gasteiger partial charge is 0.385 e. The Morgan fingerprint density at radius 2 is 2.16 bits per heavy atom. The zero-order valence-electron chi connectivity index (χ0n) is 12.2. The standard InChI is InChI=1S/C15H24N2OS/c1-5-16-14-8-11(2)6-7-13(14)15(18)17-9-12(3)10-19-4/h6-8,12,16H,5,9-10H2,1-4H3,(H,17,18). The Bertz CT molecular complexity index is 421. The molecule has 1 aromatic carbocycles. The molecule has 0 bridgehead atoms. The summed E-state index contributed by atoms with van der Waals surface area (Å²) in [6, 6.07) is 5.88. The molecule has 106 valence electrons. The molecular formula is C15H24N2OS. The third-order valence-electron chi connectivity index (χ3n) is 2.85. The van der Waals surface area contributed by atoms with Gasteiger partial charge in [-0.3, -0.25) is 4.79 Å². The van der Waals surface area contributed by atoms with Crippen molar-refractivity contribution in [3.05, 3.63) is 29.3 Å². The number of hydrogen-bond acceptors (Lipinski definition) is 3. The number of carbonyl (C=O) groups is 1. The van der Waals surface area contributed by atoms with Crippen molar-refractivity contribution < 1.29 is 4.79 Å². The van der Waals surface area contributed by atoms with Crippen LogP contribution in [0.3, 0.4) is 0 Å². The Morgan fingerprint density at radius 1 is 1.42 bits per heavy atom. The first-order valence-electron chi connectivity index (χ1n) is 6.70. The lowest BCUT2D eigenvalue weighted by atomic mass is 10.1. The quantitative estimate of drug-likeness (QED) is 0.806. The summed E-state index contributed by atoms with van der Waals surface area (Å²) in [5.41, 5.74) is 2.80. The molecule has 0 spiro atoms. The molecule has 3 nitrogen and oxygen atoms in total. The zero-order chi connectivity index (χ0) is 14.3. The van der Waals surface area contributed by atoms with Crippen LogP contribution in [0.25, 0.3) is 0 Å². The predicted octanol–water partition coefficient (Wildman–Crippen LogP) is 3.16. The van der Waals surface area contributed by atoms with Gasteiger partial charge in [0.25, 0.3) is 5.91 Å². The van der Waals surface area contributed by atoms with Crippen molar-refractivity contribution in [2.45, 2.75) is 20.8 Å². The Kier molecular flexibility index (Phi) is 6.78. The molecule has 1 aromatic rings. The van der Waals surface area contributed by atoms with Gasteiger partial charge in [-0.15, -0.1) is 0 Å². The molecule has 1 unspecified atom stereocenters. The van der Waals surface area contributed by atoms with Gasteiger partial charge in [0, 0.05) is 18.8 Å². The Morgan fingerprint density at radius 3 is 2.79 bits per heavy atom. The van der Waals surface area contributed by atoms with Gasteiger partial charge in [0.1, 0.15) is 0 Å². The van der Waals surface area contributed by atoms with Gasteiger partial charge in [0.15, 0.2) is 0 Å². The zero-order valence-corrected chi connectivity index (χ0v) is 13.1. The van der Waals surface area contributed by atoms with E-state index < -0.39 is 0 Å². The molecule has 0 saturated carbocycles. The second kappa shape index (κ2) is 8.10. The number of benzene rings is 1. The van der Waals surface area contributed by atoms with E-state index in [0.29, 0.717) is 5.92 Å². The van der Waals surface area contributed by atoms with Crippen molar-refractivity contribution in [1.29, 1.82) is 0 Å². The van der Waals surface area contributed by atoms with Crippen LogP contribution in [0.15, 0.2) is 18.2 Å². The van der Waals surface area contributed by atoms with Crippen molar-refractivity contribution >= 4 is 23.4 Å². The summed E-state index contributed by atoms with van der Waals surface area (Å²) < 4.78 is 0. The summed E-state index contributed by atoms with van der Waals surface area (Å²) >= 11 is 1.81. The van der Waals surface area contributed by atoms with Crippen LogP contribution in [0.4, 0.5) is 5.69 Å². The van der Waals surface area contributed by atoms with Gasteiger partial charge in [-0.2, -0.15) is 11.8 Å². The molecule has 1 atom stereocenters. The predicted molar refractivity (Wildman–Crippen MR) is 85.2 cm³/mol. The van der Waals surface area contributed by atoms with Crippen LogP contribution in [0.5, 0.6) is 0 Å². The average molecular weight is 280 g/mol. The SMILES string of the molecule is CCNc1cc(C)ccc1C(=O)NCC(C)CSC. The minimum absolute atomic E-state index is 0.00361. The fourth-order valence-electron chi connectivity index (χ4n) is 1.90. The van der Waals surface area contributed by atoms with Crippen LogP contribution in [-0.2, 0) is 0 Å². The highest BCUT2D eigenvalue weighted by Crippen LogP contribution is 2.17. The van der Waals surface area contributed by atoms with Gasteiger partial charge < -0.3 is 10.6 Å². The van der Waals surface area contributed by atoms with Gasteiger partial charge in [0.2, 0.25) is 0 Å². The van der Waals surface area contributed by atoms with E-state index in [1.54, 1.807) is 11.8 Å². The van der Waals surface area contributed by atoms with Crippen molar-refractivity contribution in [3.8, 4) is 0 Å². The molecule has 0 aromatic heterocycles. The van der Waals surface area contributed by atoms with Crippen LogP contribution >= 0.6 is 11.8 Å². The summed E-state index contributed by atoms with van der Waals surface area (Å²) in [6.07, 6.45) is 2.08. The van der Waals surface area contributed by atoms with E-state index in [2.05, 4.69) is 23.8 Å². The average Bonchev–Trinajstić information content (AvgIpc) is 2.37. The van der Waals surface area contributed by atoms with Gasteiger partial charge in [-0.1, -0.05) is 13.0 Å². The molecule has 1 amide bonds. The Hall–Kier alpha value is -1.16. The number of amides is 1. The summed E-state index contributed by atoms with van der Waals surface area (Å²) in [7, 11) is 0. The minimum atomic E-state index is 0.00361.